The van der Waals surface area contributed by atoms with Crippen LogP contribution < -0.4 is 5.32 Å². The van der Waals surface area contributed by atoms with Gasteiger partial charge in [0.15, 0.2) is 5.82 Å². The van der Waals surface area contributed by atoms with E-state index in [-0.39, 0.29) is 36.7 Å². The summed E-state index contributed by atoms with van der Waals surface area (Å²) in [5, 5.41) is 12.1. The van der Waals surface area contributed by atoms with Gasteiger partial charge in [-0.05, 0) is 44.6 Å². The molecule has 1 atom stereocenters. The van der Waals surface area contributed by atoms with E-state index in [4.69, 9.17) is 0 Å². The van der Waals surface area contributed by atoms with Gasteiger partial charge in [-0.25, -0.2) is 9.97 Å². The Balaban J connectivity index is 1.51. The van der Waals surface area contributed by atoms with Gasteiger partial charge >= 0.3 is 5.97 Å². The van der Waals surface area contributed by atoms with Crippen molar-refractivity contribution in [3.05, 3.63) is 82.1 Å². The standard InChI is InChI=1S/C28H29BrN4O4/c1-28(2,3)21-10-8-19(9-11-21)25(34)32-23(26(35)33-15-20(16-33)27(36)37)12-17-4-6-18(7-5-17)24-30-13-22(29)14-31-24/h4-11,13-14,20,23H,12,15-16H2,1-3H3,(H,32,34)(H,36,37)/t23-/m0/s1. The Morgan fingerprint density at radius 1 is 1.03 bits per heavy atom. The number of carboxylic acids is 1. The van der Waals surface area contributed by atoms with Gasteiger partial charge in [0, 0.05) is 43.0 Å². The molecular formula is C28H29BrN4O4. The fourth-order valence-corrected chi connectivity index (χ4v) is 4.29. The van der Waals surface area contributed by atoms with E-state index in [9.17, 15) is 19.5 Å². The van der Waals surface area contributed by atoms with Crippen LogP contribution in [0, 0.1) is 5.92 Å². The van der Waals surface area contributed by atoms with Gasteiger partial charge in [-0.3, -0.25) is 14.4 Å². The summed E-state index contributed by atoms with van der Waals surface area (Å²) in [6, 6.07) is 14.0. The molecular weight excluding hydrogens is 536 g/mol. The second-order valence-corrected chi connectivity index (χ2v) is 11.2. The van der Waals surface area contributed by atoms with Gasteiger partial charge in [0.2, 0.25) is 5.91 Å². The van der Waals surface area contributed by atoms with Crippen molar-refractivity contribution in [2.75, 3.05) is 13.1 Å². The highest BCUT2D eigenvalue weighted by Crippen LogP contribution is 2.23. The molecule has 0 aliphatic carbocycles. The maximum absolute atomic E-state index is 13.3. The molecule has 1 fully saturated rings. The predicted octanol–water partition coefficient (Wildman–Crippen LogP) is 4.09. The summed E-state index contributed by atoms with van der Waals surface area (Å²) in [7, 11) is 0. The average Bonchev–Trinajstić information content (AvgIpc) is 2.83. The van der Waals surface area contributed by atoms with Gasteiger partial charge in [-0.2, -0.15) is 0 Å². The van der Waals surface area contributed by atoms with Crippen molar-refractivity contribution >= 4 is 33.7 Å². The minimum absolute atomic E-state index is 0.0425. The minimum Gasteiger partial charge on any atom is -0.481 e. The molecule has 1 aliphatic rings. The van der Waals surface area contributed by atoms with Gasteiger partial charge < -0.3 is 15.3 Å². The molecule has 0 spiro atoms. The molecule has 2 amide bonds. The van der Waals surface area contributed by atoms with Crippen LogP contribution in [0.3, 0.4) is 0 Å². The Morgan fingerprint density at radius 3 is 2.16 bits per heavy atom. The van der Waals surface area contributed by atoms with E-state index in [1.54, 1.807) is 24.5 Å². The number of carbonyl (C=O) groups is 3. The summed E-state index contributed by atoms with van der Waals surface area (Å²) in [5.74, 6) is -1.56. The van der Waals surface area contributed by atoms with Crippen molar-refractivity contribution in [2.24, 2.45) is 5.92 Å². The van der Waals surface area contributed by atoms with Crippen LogP contribution in [-0.4, -0.2) is 56.9 Å². The lowest BCUT2D eigenvalue weighted by Crippen LogP contribution is -2.59. The fourth-order valence-electron chi connectivity index (χ4n) is 4.09. The summed E-state index contributed by atoms with van der Waals surface area (Å²) >= 11 is 3.32. The third-order valence-electron chi connectivity index (χ3n) is 6.43. The van der Waals surface area contributed by atoms with Crippen LogP contribution in [0.1, 0.15) is 42.3 Å². The molecule has 2 N–H and O–H groups in total. The molecule has 2 heterocycles. The zero-order valence-corrected chi connectivity index (χ0v) is 22.5. The van der Waals surface area contributed by atoms with Crippen molar-refractivity contribution < 1.29 is 19.5 Å². The van der Waals surface area contributed by atoms with E-state index in [0.717, 1.165) is 21.2 Å². The Labute approximate surface area is 224 Å². The first-order chi connectivity index (χ1) is 17.5. The summed E-state index contributed by atoms with van der Waals surface area (Å²) in [5.41, 5.74) is 3.19. The van der Waals surface area contributed by atoms with E-state index in [2.05, 4.69) is 52.0 Å². The minimum atomic E-state index is -0.922. The maximum Gasteiger partial charge on any atom is 0.310 e. The number of carbonyl (C=O) groups excluding carboxylic acids is 2. The monoisotopic (exact) mass is 564 g/mol. The van der Waals surface area contributed by atoms with Crippen molar-refractivity contribution in [1.82, 2.24) is 20.2 Å². The number of hydrogen-bond donors (Lipinski definition) is 2. The molecule has 192 valence electrons. The molecule has 0 radical (unpaired) electrons. The molecule has 9 heteroatoms. The van der Waals surface area contributed by atoms with Crippen molar-refractivity contribution in [1.29, 1.82) is 0 Å². The number of carboxylic acid groups (broad SMARTS) is 1. The molecule has 2 aromatic carbocycles. The molecule has 1 saturated heterocycles. The highest BCUT2D eigenvalue weighted by Gasteiger charge is 2.38. The Kier molecular flexibility index (Phi) is 7.73. The largest absolute Gasteiger partial charge is 0.481 e. The molecule has 0 bridgehead atoms. The Morgan fingerprint density at radius 2 is 1.62 bits per heavy atom. The third kappa shape index (κ3) is 6.40. The van der Waals surface area contributed by atoms with E-state index in [1.165, 1.54) is 4.90 Å². The quantitative estimate of drug-likeness (QED) is 0.447. The normalized spacial score (nSPS) is 14.5. The summed E-state index contributed by atoms with van der Waals surface area (Å²) in [6.45, 7) is 6.58. The molecule has 0 saturated carbocycles. The van der Waals surface area contributed by atoms with Crippen LogP contribution in [0.2, 0.25) is 0 Å². The summed E-state index contributed by atoms with van der Waals surface area (Å²) in [4.78, 5) is 47.6. The van der Waals surface area contributed by atoms with Crippen LogP contribution in [0.4, 0.5) is 0 Å². The third-order valence-corrected chi connectivity index (χ3v) is 6.84. The van der Waals surface area contributed by atoms with Gasteiger partial charge in [-0.15, -0.1) is 0 Å². The molecule has 8 nitrogen and oxygen atoms in total. The number of aliphatic carboxylic acids is 1. The molecule has 4 rings (SSSR count). The van der Waals surface area contributed by atoms with Gasteiger partial charge in [0.25, 0.3) is 5.91 Å². The number of nitrogens with one attached hydrogen (secondary N) is 1. The lowest BCUT2D eigenvalue weighted by atomic mass is 9.86. The van der Waals surface area contributed by atoms with E-state index >= 15 is 0 Å². The van der Waals surface area contributed by atoms with Crippen molar-refractivity contribution in [3.8, 4) is 11.4 Å². The smallest absolute Gasteiger partial charge is 0.310 e. The highest BCUT2D eigenvalue weighted by molar-refractivity contribution is 9.10. The number of amides is 2. The number of benzene rings is 2. The SMILES string of the molecule is CC(C)(C)c1ccc(C(=O)N[C@@H](Cc2ccc(-c3ncc(Br)cn3)cc2)C(=O)N2CC(C(=O)O)C2)cc1. The van der Waals surface area contributed by atoms with Gasteiger partial charge in [0.05, 0.1) is 10.4 Å². The second kappa shape index (κ2) is 10.8. The molecule has 1 aliphatic heterocycles. The number of halogens is 1. The average molecular weight is 565 g/mol. The lowest BCUT2D eigenvalue weighted by Gasteiger charge is -2.39. The number of rotatable bonds is 7. The Hall–Kier alpha value is -3.59. The lowest BCUT2D eigenvalue weighted by molar-refractivity contribution is -0.153. The van der Waals surface area contributed by atoms with Gasteiger partial charge in [0.1, 0.15) is 6.04 Å². The predicted molar refractivity (Wildman–Crippen MR) is 143 cm³/mol. The first-order valence-corrected chi connectivity index (χ1v) is 12.8. The fraction of sp³-hybridized carbons (Fsp3) is 0.321. The van der Waals surface area contributed by atoms with Crippen molar-refractivity contribution in [2.45, 2.75) is 38.6 Å². The Bertz CT molecular complexity index is 1280. The molecule has 37 heavy (non-hydrogen) atoms. The van der Waals surface area contributed by atoms with E-state index < -0.39 is 17.9 Å². The van der Waals surface area contributed by atoms with Gasteiger partial charge in [-0.1, -0.05) is 57.2 Å². The van der Waals surface area contributed by atoms with Crippen LogP contribution in [-0.2, 0) is 21.4 Å². The summed E-state index contributed by atoms with van der Waals surface area (Å²) < 4.78 is 0.786. The topological polar surface area (TPSA) is 112 Å². The van der Waals surface area contributed by atoms with Crippen LogP contribution in [0.15, 0.2) is 65.4 Å². The second-order valence-electron chi connectivity index (χ2n) is 10.3. The number of nitrogens with zero attached hydrogens (tertiary/aromatic N) is 3. The van der Waals surface area contributed by atoms with Crippen LogP contribution >= 0.6 is 15.9 Å². The van der Waals surface area contributed by atoms with E-state index in [1.807, 2.05) is 36.4 Å². The van der Waals surface area contributed by atoms with Crippen LogP contribution in [0.5, 0.6) is 0 Å². The summed E-state index contributed by atoms with van der Waals surface area (Å²) in [6.07, 6.45) is 3.61. The van der Waals surface area contributed by atoms with Crippen LogP contribution in [0.25, 0.3) is 11.4 Å². The molecule has 0 unspecified atom stereocenters. The van der Waals surface area contributed by atoms with Crippen molar-refractivity contribution in [3.63, 3.8) is 0 Å². The first kappa shape index (κ1) is 26.5. The molecule has 1 aromatic heterocycles. The highest BCUT2D eigenvalue weighted by atomic mass is 79.9. The number of hydrogen-bond acceptors (Lipinski definition) is 5. The maximum atomic E-state index is 13.3. The first-order valence-electron chi connectivity index (χ1n) is 12.0. The number of likely N-dealkylation sites (tertiary alicyclic amines) is 1. The zero-order valence-electron chi connectivity index (χ0n) is 20.9. The molecule has 3 aromatic rings. The van der Waals surface area contributed by atoms with E-state index in [0.29, 0.717) is 11.4 Å². The number of aromatic nitrogens is 2. The zero-order chi connectivity index (χ0) is 26.7.